The van der Waals surface area contributed by atoms with Crippen LogP contribution in [0.2, 0.25) is 0 Å². The second kappa shape index (κ2) is 8.58. The summed E-state index contributed by atoms with van der Waals surface area (Å²) < 4.78 is 0. The fourth-order valence-corrected chi connectivity index (χ4v) is 2.13. The molecule has 0 bridgehead atoms. The van der Waals surface area contributed by atoms with Gasteiger partial charge in [-0.15, -0.1) is 0 Å². The van der Waals surface area contributed by atoms with Crippen molar-refractivity contribution in [2.45, 2.75) is 25.3 Å². The fraction of sp³-hybridized carbons (Fsp3) is 0.429. The Morgan fingerprint density at radius 1 is 1.32 bits per heavy atom. The molecule has 0 heterocycles. The average molecular weight is 281 g/mol. The fourth-order valence-electron chi connectivity index (χ4n) is 1.66. The van der Waals surface area contributed by atoms with Crippen molar-refractivity contribution in [2.75, 3.05) is 12.0 Å². The van der Waals surface area contributed by atoms with Crippen LogP contribution >= 0.6 is 11.8 Å². The molecule has 0 saturated carbocycles. The van der Waals surface area contributed by atoms with Crippen LogP contribution in [-0.4, -0.2) is 35.0 Å². The van der Waals surface area contributed by atoms with Crippen LogP contribution < -0.4 is 5.32 Å². The highest BCUT2D eigenvalue weighted by Gasteiger charge is 2.18. The van der Waals surface area contributed by atoms with Crippen molar-refractivity contribution in [2.24, 2.45) is 0 Å². The first-order chi connectivity index (χ1) is 9.13. The van der Waals surface area contributed by atoms with Crippen LogP contribution in [0.1, 0.15) is 18.4 Å². The molecule has 104 valence electrons. The van der Waals surface area contributed by atoms with Gasteiger partial charge in [0.25, 0.3) is 0 Å². The molecule has 1 amide bonds. The third kappa shape index (κ3) is 6.29. The summed E-state index contributed by atoms with van der Waals surface area (Å²) in [6.45, 7) is 0. The van der Waals surface area contributed by atoms with Crippen LogP contribution in [0, 0.1) is 0 Å². The minimum absolute atomic E-state index is 0.211. The highest BCUT2D eigenvalue weighted by molar-refractivity contribution is 7.98. The van der Waals surface area contributed by atoms with E-state index >= 15 is 0 Å². The molecule has 1 aromatic carbocycles. The average Bonchev–Trinajstić information content (AvgIpc) is 2.42. The van der Waals surface area contributed by atoms with E-state index in [2.05, 4.69) is 5.32 Å². The van der Waals surface area contributed by atoms with Gasteiger partial charge in [-0.25, -0.2) is 4.79 Å². The molecule has 1 aromatic rings. The van der Waals surface area contributed by atoms with Crippen LogP contribution in [0.5, 0.6) is 0 Å². The summed E-state index contributed by atoms with van der Waals surface area (Å²) in [5, 5.41) is 11.6. The van der Waals surface area contributed by atoms with E-state index in [0.717, 1.165) is 11.3 Å². The molecule has 1 rings (SSSR count). The molecular formula is C14H19NO3S. The van der Waals surface area contributed by atoms with Gasteiger partial charge in [0, 0.05) is 6.42 Å². The number of rotatable bonds is 8. The molecule has 0 aromatic heterocycles. The lowest BCUT2D eigenvalue weighted by molar-refractivity contribution is -0.141. The number of nitrogens with one attached hydrogen (secondary N) is 1. The normalized spacial score (nSPS) is 11.8. The van der Waals surface area contributed by atoms with Gasteiger partial charge in [0.1, 0.15) is 6.04 Å². The Morgan fingerprint density at radius 2 is 2.00 bits per heavy atom. The number of amides is 1. The molecule has 2 N–H and O–H groups in total. The number of aliphatic carboxylic acids is 1. The first-order valence-corrected chi connectivity index (χ1v) is 7.58. The van der Waals surface area contributed by atoms with Crippen LogP contribution in [-0.2, 0) is 16.0 Å². The lowest BCUT2D eigenvalue weighted by Crippen LogP contribution is -2.41. The van der Waals surface area contributed by atoms with E-state index in [4.69, 9.17) is 5.11 Å². The molecule has 4 nitrogen and oxygen atoms in total. The van der Waals surface area contributed by atoms with Gasteiger partial charge < -0.3 is 10.4 Å². The van der Waals surface area contributed by atoms with Gasteiger partial charge in [0.15, 0.2) is 0 Å². The Bertz CT molecular complexity index is 408. The number of benzene rings is 1. The van der Waals surface area contributed by atoms with Gasteiger partial charge in [-0.1, -0.05) is 30.3 Å². The third-order valence-electron chi connectivity index (χ3n) is 2.73. The Labute approximate surface area is 117 Å². The van der Waals surface area contributed by atoms with Gasteiger partial charge in [-0.3, -0.25) is 4.79 Å². The summed E-state index contributed by atoms with van der Waals surface area (Å²) >= 11 is 1.57. The highest BCUT2D eigenvalue weighted by atomic mass is 32.2. The largest absolute Gasteiger partial charge is 0.480 e. The number of carbonyl (C=O) groups excluding carboxylic acids is 1. The molecule has 0 aliphatic heterocycles. The van der Waals surface area contributed by atoms with Gasteiger partial charge >= 0.3 is 5.97 Å². The molecular weight excluding hydrogens is 262 g/mol. The van der Waals surface area contributed by atoms with Crippen molar-refractivity contribution in [1.29, 1.82) is 0 Å². The zero-order valence-electron chi connectivity index (χ0n) is 11.0. The molecule has 0 aliphatic carbocycles. The van der Waals surface area contributed by atoms with Crippen LogP contribution in [0.4, 0.5) is 0 Å². The van der Waals surface area contributed by atoms with Crippen LogP contribution in [0.3, 0.4) is 0 Å². The SMILES string of the molecule is CSCC[C@@H](NC(=O)CCc1ccccc1)C(=O)O. The number of carboxylic acid groups (broad SMARTS) is 1. The lowest BCUT2D eigenvalue weighted by Gasteiger charge is -2.13. The Hall–Kier alpha value is -1.49. The van der Waals surface area contributed by atoms with Gasteiger partial charge in [-0.05, 0) is 30.4 Å². The maximum absolute atomic E-state index is 11.7. The minimum Gasteiger partial charge on any atom is -0.480 e. The number of hydrogen-bond donors (Lipinski definition) is 2. The molecule has 0 unspecified atom stereocenters. The van der Waals surface area contributed by atoms with E-state index in [1.807, 2.05) is 36.6 Å². The number of aryl methyl sites for hydroxylation is 1. The van der Waals surface area contributed by atoms with Crippen molar-refractivity contribution in [3.05, 3.63) is 35.9 Å². The number of carboxylic acids is 1. The summed E-state index contributed by atoms with van der Waals surface area (Å²) in [5.74, 6) is -0.463. The third-order valence-corrected chi connectivity index (χ3v) is 3.37. The summed E-state index contributed by atoms with van der Waals surface area (Å²) in [5.41, 5.74) is 1.08. The Kier molecular flexibility index (Phi) is 7.03. The lowest BCUT2D eigenvalue weighted by atomic mass is 10.1. The second-order valence-electron chi connectivity index (χ2n) is 4.23. The zero-order valence-corrected chi connectivity index (χ0v) is 11.8. The smallest absolute Gasteiger partial charge is 0.326 e. The number of hydrogen-bond acceptors (Lipinski definition) is 3. The van der Waals surface area contributed by atoms with Gasteiger partial charge in [0.2, 0.25) is 5.91 Å². The Morgan fingerprint density at radius 3 is 2.58 bits per heavy atom. The summed E-state index contributed by atoms with van der Waals surface area (Å²) in [7, 11) is 0. The molecule has 0 fully saturated rings. The van der Waals surface area contributed by atoms with Crippen LogP contribution in [0.15, 0.2) is 30.3 Å². The highest BCUT2D eigenvalue weighted by Crippen LogP contribution is 2.04. The first-order valence-electron chi connectivity index (χ1n) is 6.18. The molecule has 0 saturated heterocycles. The standard InChI is InChI=1S/C14H19NO3S/c1-19-10-9-12(14(17)18)15-13(16)8-7-11-5-3-2-4-6-11/h2-6,12H,7-10H2,1H3,(H,15,16)(H,17,18)/t12-/m1/s1. The predicted octanol–water partition coefficient (Wildman–Crippen LogP) is 1.94. The summed E-state index contributed by atoms with van der Waals surface area (Å²) in [6.07, 6.45) is 3.30. The van der Waals surface area contributed by atoms with Crippen molar-refractivity contribution in [1.82, 2.24) is 5.32 Å². The van der Waals surface area contributed by atoms with E-state index < -0.39 is 12.0 Å². The van der Waals surface area contributed by atoms with E-state index in [1.165, 1.54) is 0 Å². The van der Waals surface area contributed by atoms with Crippen molar-refractivity contribution < 1.29 is 14.7 Å². The number of carbonyl (C=O) groups is 2. The zero-order chi connectivity index (χ0) is 14.1. The minimum atomic E-state index is -0.970. The predicted molar refractivity (Wildman–Crippen MR) is 77.3 cm³/mol. The van der Waals surface area contributed by atoms with Crippen molar-refractivity contribution in [3.8, 4) is 0 Å². The first kappa shape index (κ1) is 15.6. The van der Waals surface area contributed by atoms with E-state index in [-0.39, 0.29) is 5.91 Å². The van der Waals surface area contributed by atoms with Gasteiger partial charge in [0.05, 0.1) is 0 Å². The topological polar surface area (TPSA) is 66.4 Å². The van der Waals surface area contributed by atoms with Crippen molar-refractivity contribution >= 4 is 23.6 Å². The summed E-state index contributed by atoms with van der Waals surface area (Å²) in [6, 6.07) is 8.89. The monoisotopic (exact) mass is 281 g/mol. The van der Waals surface area contributed by atoms with Gasteiger partial charge in [-0.2, -0.15) is 11.8 Å². The molecule has 5 heteroatoms. The molecule has 0 radical (unpaired) electrons. The quantitative estimate of drug-likeness (QED) is 0.764. The maximum Gasteiger partial charge on any atom is 0.326 e. The maximum atomic E-state index is 11.7. The van der Waals surface area contributed by atoms with E-state index in [0.29, 0.717) is 19.3 Å². The molecule has 0 spiro atoms. The van der Waals surface area contributed by atoms with E-state index in [1.54, 1.807) is 11.8 Å². The molecule has 1 atom stereocenters. The molecule has 19 heavy (non-hydrogen) atoms. The van der Waals surface area contributed by atoms with Crippen molar-refractivity contribution in [3.63, 3.8) is 0 Å². The second-order valence-corrected chi connectivity index (χ2v) is 5.21. The number of thioether (sulfide) groups is 1. The van der Waals surface area contributed by atoms with E-state index in [9.17, 15) is 9.59 Å². The molecule has 0 aliphatic rings. The Balaban J connectivity index is 2.38. The van der Waals surface area contributed by atoms with Crippen LogP contribution in [0.25, 0.3) is 0 Å². The summed E-state index contributed by atoms with van der Waals surface area (Å²) in [4.78, 5) is 22.7.